The van der Waals surface area contributed by atoms with E-state index in [-0.39, 0.29) is 32.7 Å². The standard InChI is InChI=1S/C14H15N2.C8H16NO.Y/c1-11-2-4-12(5-3-11)14(10-15)13-6-8-16-9-7-13;1-7(2)10-8-3-5-9-6-4-8;/h2-5H,6-9H2,1H3;7-8H,3-6H2,1-2H3;/q2*-1;. The van der Waals surface area contributed by atoms with E-state index in [0.717, 1.165) is 63.0 Å². The molecule has 0 unspecified atom stereocenters. The molecule has 145 valence electrons. The van der Waals surface area contributed by atoms with E-state index < -0.39 is 0 Å². The molecule has 5 heteroatoms. The van der Waals surface area contributed by atoms with Gasteiger partial charge in [0.2, 0.25) is 0 Å². The van der Waals surface area contributed by atoms with Gasteiger partial charge >= 0.3 is 0 Å². The summed E-state index contributed by atoms with van der Waals surface area (Å²) in [6, 6.07) is 10.5. The molecule has 0 bridgehead atoms. The number of allylic oxidation sites excluding steroid dienone is 1. The van der Waals surface area contributed by atoms with Gasteiger partial charge in [-0.05, 0) is 52.0 Å². The molecule has 0 aromatic heterocycles. The fourth-order valence-electron chi connectivity index (χ4n) is 3.23. The first kappa shape index (κ1) is 24.5. The molecule has 2 heterocycles. The van der Waals surface area contributed by atoms with Crippen molar-refractivity contribution in [2.45, 2.75) is 58.7 Å². The largest absolute Gasteiger partial charge is 0.662 e. The summed E-state index contributed by atoms with van der Waals surface area (Å²) >= 11 is 0. The maximum Gasteiger partial charge on any atom is 0.0997 e. The molecule has 1 radical (unpaired) electrons. The van der Waals surface area contributed by atoms with Crippen LogP contribution in [-0.2, 0) is 37.4 Å². The van der Waals surface area contributed by atoms with E-state index in [1.807, 2.05) is 12.1 Å². The van der Waals surface area contributed by atoms with Crippen LogP contribution in [-0.4, -0.2) is 38.4 Å². The van der Waals surface area contributed by atoms with Gasteiger partial charge in [-0.3, -0.25) is 0 Å². The Kier molecular flexibility index (Phi) is 12.3. The number of aryl methyl sites for hydroxylation is 1. The van der Waals surface area contributed by atoms with Gasteiger partial charge in [0.15, 0.2) is 0 Å². The number of piperidine rings is 2. The van der Waals surface area contributed by atoms with Crippen molar-refractivity contribution in [2.75, 3.05) is 26.2 Å². The topological polar surface area (TPSA) is 61.2 Å². The van der Waals surface area contributed by atoms with Gasteiger partial charge in [0.25, 0.3) is 0 Å². The van der Waals surface area contributed by atoms with E-state index >= 15 is 0 Å². The first-order valence-electron chi connectivity index (χ1n) is 9.71. The van der Waals surface area contributed by atoms with Gasteiger partial charge in [-0.15, -0.1) is 26.2 Å². The molecule has 2 aliphatic heterocycles. The number of nitrogens with zero attached hydrogens (tertiary/aromatic N) is 3. The third-order valence-corrected chi connectivity index (χ3v) is 4.63. The Morgan fingerprint density at radius 3 is 2.11 bits per heavy atom. The molecule has 0 spiro atoms. The summed E-state index contributed by atoms with van der Waals surface area (Å²) in [5.74, 6) is 0. The molecule has 27 heavy (non-hydrogen) atoms. The van der Waals surface area contributed by atoms with Crippen molar-refractivity contribution in [3.63, 3.8) is 0 Å². The Bertz CT molecular complexity index is 605. The van der Waals surface area contributed by atoms with Gasteiger partial charge in [0.1, 0.15) is 0 Å². The first-order chi connectivity index (χ1) is 12.6. The SMILES string of the molecule is CC(C)OC1CC[N-]CC1.Cc1ccc(C(C#N)=C2CC[N-]CC2)cc1.[Y]. The van der Waals surface area contributed by atoms with E-state index in [9.17, 15) is 5.26 Å². The monoisotopic (exact) mass is 442 g/mol. The predicted molar refractivity (Wildman–Crippen MR) is 108 cm³/mol. The molecule has 4 nitrogen and oxygen atoms in total. The first-order valence-corrected chi connectivity index (χ1v) is 9.71. The second-order valence-corrected chi connectivity index (χ2v) is 7.18. The van der Waals surface area contributed by atoms with Crippen molar-refractivity contribution in [3.8, 4) is 6.07 Å². The van der Waals surface area contributed by atoms with E-state index in [4.69, 9.17) is 4.74 Å². The van der Waals surface area contributed by atoms with Crippen molar-refractivity contribution in [1.82, 2.24) is 0 Å². The van der Waals surface area contributed by atoms with Crippen LogP contribution in [0.5, 0.6) is 0 Å². The minimum atomic E-state index is 0. The molecule has 1 aromatic rings. The van der Waals surface area contributed by atoms with Gasteiger partial charge in [-0.1, -0.05) is 35.4 Å². The molecule has 0 saturated carbocycles. The van der Waals surface area contributed by atoms with Gasteiger partial charge in [-0.2, -0.15) is 5.26 Å². The maximum absolute atomic E-state index is 9.26. The van der Waals surface area contributed by atoms with Crippen LogP contribution >= 0.6 is 0 Å². The Morgan fingerprint density at radius 1 is 1.04 bits per heavy atom. The van der Waals surface area contributed by atoms with Crippen molar-refractivity contribution in [3.05, 3.63) is 51.6 Å². The van der Waals surface area contributed by atoms with E-state index in [0.29, 0.717) is 12.2 Å². The van der Waals surface area contributed by atoms with Crippen LogP contribution in [0.1, 0.15) is 50.7 Å². The summed E-state index contributed by atoms with van der Waals surface area (Å²) in [5.41, 5.74) is 4.39. The van der Waals surface area contributed by atoms with E-state index in [1.54, 1.807) is 0 Å². The molecular formula is C22H31N3OY-2. The molecular weight excluding hydrogens is 411 g/mol. The molecule has 0 N–H and O–H groups in total. The van der Waals surface area contributed by atoms with Gasteiger partial charge in [-0.25, -0.2) is 0 Å². The third-order valence-electron chi connectivity index (χ3n) is 4.63. The summed E-state index contributed by atoms with van der Waals surface area (Å²) < 4.78 is 5.63. The van der Waals surface area contributed by atoms with Crippen molar-refractivity contribution < 1.29 is 37.4 Å². The smallest absolute Gasteiger partial charge is 0.0997 e. The Morgan fingerprint density at radius 2 is 1.59 bits per heavy atom. The van der Waals surface area contributed by atoms with Crippen LogP contribution in [0.2, 0.25) is 0 Å². The van der Waals surface area contributed by atoms with Crippen molar-refractivity contribution in [1.29, 1.82) is 5.26 Å². The van der Waals surface area contributed by atoms with Crippen LogP contribution in [0.3, 0.4) is 0 Å². The number of nitriles is 1. The van der Waals surface area contributed by atoms with Crippen LogP contribution in [0.15, 0.2) is 29.8 Å². The summed E-state index contributed by atoms with van der Waals surface area (Å²) in [7, 11) is 0. The minimum Gasteiger partial charge on any atom is -0.662 e. The van der Waals surface area contributed by atoms with Crippen LogP contribution in [0.4, 0.5) is 0 Å². The Hall–Kier alpha value is -0.566. The average molecular weight is 442 g/mol. The number of benzene rings is 1. The zero-order valence-electron chi connectivity index (χ0n) is 16.9. The zero-order chi connectivity index (χ0) is 18.8. The van der Waals surface area contributed by atoms with Gasteiger partial charge < -0.3 is 15.4 Å². The zero-order valence-corrected chi connectivity index (χ0v) is 19.8. The van der Waals surface area contributed by atoms with Crippen LogP contribution < -0.4 is 0 Å². The maximum atomic E-state index is 9.26. The summed E-state index contributed by atoms with van der Waals surface area (Å²) in [5, 5.41) is 17.8. The second-order valence-electron chi connectivity index (χ2n) is 7.18. The number of ether oxygens (including phenoxy) is 1. The third kappa shape index (κ3) is 8.98. The van der Waals surface area contributed by atoms with Gasteiger partial charge in [0, 0.05) is 32.7 Å². The van der Waals surface area contributed by atoms with Gasteiger partial charge in [0.05, 0.1) is 23.9 Å². The molecule has 2 fully saturated rings. The fourth-order valence-corrected chi connectivity index (χ4v) is 3.23. The quantitative estimate of drug-likeness (QED) is 0.590. The normalized spacial score (nSPS) is 17.4. The fraction of sp³-hybridized carbons (Fsp3) is 0.591. The molecule has 0 amide bonds. The minimum absolute atomic E-state index is 0. The molecule has 2 saturated heterocycles. The van der Waals surface area contributed by atoms with E-state index in [2.05, 4.69) is 49.6 Å². The predicted octanol–water partition coefficient (Wildman–Crippen LogP) is 5.38. The van der Waals surface area contributed by atoms with Crippen LogP contribution in [0.25, 0.3) is 16.2 Å². The van der Waals surface area contributed by atoms with Crippen molar-refractivity contribution in [2.24, 2.45) is 0 Å². The molecule has 1 aromatic carbocycles. The molecule has 0 atom stereocenters. The Balaban J connectivity index is 0.000000288. The van der Waals surface area contributed by atoms with Crippen LogP contribution in [0, 0.1) is 18.3 Å². The van der Waals surface area contributed by atoms with Crippen molar-refractivity contribution >= 4 is 5.57 Å². The second kappa shape index (κ2) is 13.6. The number of rotatable bonds is 3. The molecule has 3 rings (SSSR count). The number of hydrogen-bond donors (Lipinski definition) is 0. The average Bonchev–Trinajstić information content (AvgIpc) is 2.66. The summed E-state index contributed by atoms with van der Waals surface area (Å²) in [6.45, 7) is 9.97. The summed E-state index contributed by atoms with van der Waals surface area (Å²) in [6.07, 6.45) is 4.99. The Labute approximate surface area is 190 Å². The van der Waals surface area contributed by atoms with E-state index in [1.165, 1.54) is 11.1 Å². The molecule has 2 aliphatic rings. The molecule has 0 aliphatic carbocycles. The summed E-state index contributed by atoms with van der Waals surface area (Å²) in [4.78, 5) is 0. The number of hydrogen-bond acceptors (Lipinski definition) is 2.